The molecule has 5 nitrogen and oxygen atoms in total. The molecule has 0 saturated carbocycles. The average Bonchev–Trinajstić information content (AvgIpc) is 2.77. The summed E-state index contributed by atoms with van der Waals surface area (Å²) in [5, 5.41) is 8.57. The topological polar surface area (TPSA) is 48.7 Å². The summed E-state index contributed by atoms with van der Waals surface area (Å²) in [5.41, 5.74) is 0. The molecule has 2 saturated heterocycles. The van der Waals surface area contributed by atoms with Crippen molar-refractivity contribution in [2.24, 2.45) is 0 Å². The molecular weight excluding hydrogens is 218 g/mol. The van der Waals surface area contributed by atoms with Crippen molar-refractivity contribution in [3.63, 3.8) is 0 Å². The smallest absolute Gasteiger partial charge is 0.159 e. The normalized spacial score (nSPS) is 31.5. The van der Waals surface area contributed by atoms with E-state index in [1.54, 1.807) is 0 Å². The van der Waals surface area contributed by atoms with Crippen LogP contribution in [0.1, 0.15) is 12.8 Å². The second kappa shape index (κ2) is 6.31. The highest BCUT2D eigenvalue weighted by Gasteiger charge is 2.26. The van der Waals surface area contributed by atoms with Crippen LogP contribution < -0.4 is 0 Å². The van der Waals surface area contributed by atoms with E-state index in [1.165, 1.54) is 0 Å². The summed E-state index contributed by atoms with van der Waals surface area (Å²) in [6, 6.07) is 2.12. The highest BCUT2D eigenvalue weighted by molar-refractivity contribution is 4.79. The first kappa shape index (κ1) is 12.8. The van der Waals surface area contributed by atoms with E-state index in [4.69, 9.17) is 14.7 Å². The number of likely N-dealkylation sites (N-methyl/N-ethyl adjacent to an activating group) is 1. The van der Waals surface area contributed by atoms with Gasteiger partial charge >= 0.3 is 0 Å². The van der Waals surface area contributed by atoms with Gasteiger partial charge in [0.25, 0.3) is 0 Å². The Balaban J connectivity index is 1.61. The molecule has 17 heavy (non-hydrogen) atoms. The molecule has 0 radical (unpaired) electrons. The minimum Gasteiger partial charge on any atom is -0.350 e. The van der Waals surface area contributed by atoms with Crippen LogP contribution in [0.3, 0.4) is 0 Å². The molecule has 0 amide bonds. The average molecular weight is 239 g/mol. The van der Waals surface area contributed by atoms with Crippen molar-refractivity contribution < 1.29 is 9.47 Å². The molecule has 2 unspecified atom stereocenters. The van der Waals surface area contributed by atoms with Crippen LogP contribution in [0.4, 0.5) is 0 Å². The molecule has 2 rings (SSSR count). The van der Waals surface area contributed by atoms with Crippen molar-refractivity contribution in [2.45, 2.75) is 25.2 Å². The lowest BCUT2D eigenvalue weighted by molar-refractivity contribution is -0.0665. The molecule has 0 aromatic rings. The van der Waals surface area contributed by atoms with Crippen LogP contribution in [-0.4, -0.2) is 68.6 Å². The Kier molecular flexibility index (Phi) is 4.75. The molecule has 0 aromatic heterocycles. The van der Waals surface area contributed by atoms with Crippen molar-refractivity contribution in [1.82, 2.24) is 9.80 Å². The summed E-state index contributed by atoms with van der Waals surface area (Å²) >= 11 is 0. The summed E-state index contributed by atoms with van der Waals surface area (Å²) in [5.74, 6) is 0. The monoisotopic (exact) mass is 239 g/mol. The summed E-state index contributed by atoms with van der Waals surface area (Å²) in [6.45, 7) is 6.14. The van der Waals surface area contributed by atoms with Crippen LogP contribution in [0, 0.1) is 11.3 Å². The number of rotatable bonds is 4. The number of nitrogens with zero attached hydrogens (tertiary/aromatic N) is 3. The molecule has 2 aliphatic heterocycles. The van der Waals surface area contributed by atoms with Crippen molar-refractivity contribution >= 4 is 0 Å². The molecule has 0 bridgehead atoms. The largest absolute Gasteiger partial charge is 0.350 e. The standard InChI is InChI=1S/C12H21N3O2/c1-14-6-8-15(9-7-14)5-3-12-16-10-11(17-12)2-4-13/h11-12H,2-3,5-10H2,1H3. The molecule has 2 heterocycles. The van der Waals surface area contributed by atoms with Gasteiger partial charge in [-0.25, -0.2) is 0 Å². The maximum atomic E-state index is 8.57. The molecule has 0 N–H and O–H groups in total. The Labute approximate surface area is 103 Å². The van der Waals surface area contributed by atoms with E-state index < -0.39 is 0 Å². The number of piperazine rings is 1. The van der Waals surface area contributed by atoms with Gasteiger partial charge in [0.1, 0.15) is 0 Å². The van der Waals surface area contributed by atoms with Gasteiger partial charge in [0.15, 0.2) is 6.29 Å². The summed E-state index contributed by atoms with van der Waals surface area (Å²) in [6.07, 6.45) is 1.22. The molecule has 96 valence electrons. The van der Waals surface area contributed by atoms with Gasteiger partial charge in [-0.2, -0.15) is 5.26 Å². The van der Waals surface area contributed by atoms with E-state index in [2.05, 4.69) is 22.9 Å². The number of nitriles is 1. The van der Waals surface area contributed by atoms with E-state index in [0.29, 0.717) is 13.0 Å². The van der Waals surface area contributed by atoms with Crippen molar-refractivity contribution in [3.05, 3.63) is 0 Å². The van der Waals surface area contributed by atoms with E-state index >= 15 is 0 Å². The highest BCUT2D eigenvalue weighted by atomic mass is 16.7. The van der Waals surface area contributed by atoms with Crippen LogP contribution in [0.5, 0.6) is 0 Å². The Morgan fingerprint density at radius 3 is 2.76 bits per heavy atom. The molecule has 0 aromatic carbocycles. The Morgan fingerprint density at radius 2 is 2.06 bits per heavy atom. The zero-order chi connectivity index (χ0) is 12.1. The maximum Gasteiger partial charge on any atom is 0.159 e. The first-order valence-corrected chi connectivity index (χ1v) is 6.33. The van der Waals surface area contributed by atoms with Crippen LogP contribution >= 0.6 is 0 Å². The molecular formula is C12H21N3O2. The van der Waals surface area contributed by atoms with E-state index in [0.717, 1.165) is 39.1 Å². The third-order valence-electron chi connectivity index (χ3n) is 3.41. The summed E-state index contributed by atoms with van der Waals surface area (Å²) in [4.78, 5) is 4.80. The van der Waals surface area contributed by atoms with Gasteiger partial charge < -0.3 is 19.3 Å². The Hall–Kier alpha value is -0.670. The zero-order valence-electron chi connectivity index (χ0n) is 10.5. The fraction of sp³-hybridized carbons (Fsp3) is 0.917. The van der Waals surface area contributed by atoms with E-state index in [1.807, 2.05) is 0 Å². The fourth-order valence-electron chi connectivity index (χ4n) is 2.23. The second-order valence-corrected chi connectivity index (χ2v) is 4.82. The third kappa shape index (κ3) is 3.93. The van der Waals surface area contributed by atoms with Crippen LogP contribution in [0.25, 0.3) is 0 Å². The minimum absolute atomic E-state index is 0.0162. The number of hydrogen-bond acceptors (Lipinski definition) is 5. The lowest BCUT2D eigenvalue weighted by Gasteiger charge is -2.32. The van der Waals surface area contributed by atoms with Gasteiger partial charge in [-0.15, -0.1) is 0 Å². The predicted molar refractivity (Wildman–Crippen MR) is 63.4 cm³/mol. The summed E-state index contributed by atoms with van der Waals surface area (Å²) < 4.78 is 11.2. The molecule has 2 aliphatic rings. The van der Waals surface area contributed by atoms with Crippen molar-refractivity contribution in [2.75, 3.05) is 46.4 Å². The predicted octanol–water partition coefficient (Wildman–Crippen LogP) is 0.279. The minimum atomic E-state index is -0.104. The van der Waals surface area contributed by atoms with E-state index in [9.17, 15) is 0 Å². The van der Waals surface area contributed by atoms with Crippen molar-refractivity contribution in [1.29, 1.82) is 5.26 Å². The van der Waals surface area contributed by atoms with Gasteiger partial charge in [-0.1, -0.05) is 0 Å². The van der Waals surface area contributed by atoms with Gasteiger partial charge in [0.05, 0.1) is 25.2 Å². The molecule has 2 fully saturated rings. The lowest BCUT2D eigenvalue weighted by Crippen LogP contribution is -2.45. The molecule has 0 aliphatic carbocycles. The summed E-state index contributed by atoms with van der Waals surface area (Å²) in [7, 11) is 2.16. The highest BCUT2D eigenvalue weighted by Crippen LogP contribution is 2.17. The quantitative estimate of drug-likeness (QED) is 0.705. The van der Waals surface area contributed by atoms with Crippen LogP contribution in [0.15, 0.2) is 0 Å². The molecule has 2 atom stereocenters. The third-order valence-corrected chi connectivity index (χ3v) is 3.41. The Morgan fingerprint density at radius 1 is 1.29 bits per heavy atom. The van der Waals surface area contributed by atoms with Crippen LogP contribution in [-0.2, 0) is 9.47 Å². The lowest BCUT2D eigenvalue weighted by atomic mass is 10.3. The molecule has 5 heteroatoms. The second-order valence-electron chi connectivity index (χ2n) is 4.82. The maximum absolute atomic E-state index is 8.57. The SMILES string of the molecule is CN1CCN(CCC2OCC(CC#N)O2)CC1. The van der Waals surface area contributed by atoms with Crippen LogP contribution in [0.2, 0.25) is 0 Å². The van der Waals surface area contributed by atoms with E-state index in [-0.39, 0.29) is 12.4 Å². The number of hydrogen-bond donors (Lipinski definition) is 0. The Bertz CT molecular complexity index is 271. The molecule has 0 spiro atoms. The first-order valence-electron chi connectivity index (χ1n) is 6.33. The van der Waals surface area contributed by atoms with Gasteiger partial charge in [0, 0.05) is 39.1 Å². The van der Waals surface area contributed by atoms with Gasteiger partial charge in [-0.05, 0) is 7.05 Å². The number of ether oxygens (including phenoxy) is 2. The van der Waals surface area contributed by atoms with Gasteiger partial charge in [0.2, 0.25) is 0 Å². The van der Waals surface area contributed by atoms with Crippen molar-refractivity contribution in [3.8, 4) is 6.07 Å². The first-order chi connectivity index (χ1) is 8.28. The van der Waals surface area contributed by atoms with Gasteiger partial charge in [-0.3, -0.25) is 0 Å². The zero-order valence-corrected chi connectivity index (χ0v) is 10.5. The fourth-order valence-corrected chi connectivity index (χ4v) is 2.23.